The van der Waals surface area contributed by atoms with E-state index >= 15 is 0 Å². The van der Waals surface area contributed by atoms with Crippen LogP contribution in [0.1, 0.15) is 27.2 Å². The largest absolute Gasteiger partial charge is 0.495 e. The van der Waals surface area contributed by atoms with E-state index in [9.17, 15) is 8.42 Å². The second-order valence-electron chi connectivity index (χ2n) is 4.62. The van der Waals surface area contributed by atoms with Crippen LogP contribution in [0.25, 0.3) is 0 Å². The molecule has 1 rings (SSSR count). The van der Waals surface area contributed by atoms with Gasteiger partial charge in [0.2, 0.25) is 10.0 Å². The molecule has 0 unspecified atom stereocenters. The van der Waals surface area contributed by atoms with Crippen molar-refractivity contribution in [3.05, 3.63) is 18.2 Å². The molecule has 0 spiro atoms. The van der Waals surface area contributed by atoms with E-state index in [0.29, 0.717) is 12.2 Å². The van der Waals surface area contributed by atoms with Crippen LogP contribution in [0, 0.1) is 0 Å². The minimum absolute atomic E-state index is 0.104. The van der Waals surface area contributed by atoms with Gasteiger partial charge in [0.25, 0.3) is 0 Å². The highest BCUT2D eigenvalue weighted by molar-refractivity contribution is 7.89. The zero-order valence-corrected chi connectivity index (χ0v) is 12.7. The van der Waals surface area contributed by atoms with Gasteiger partial charge in [0.05, 0.1) is 7.11 Å². The van der Waals surface area contributed by atoms with Gasteiger partial charge < -0.3 is 10.5 Å². The first-order chi connectivity index (χ1) is 8.84. The zero-order valence-electron chi connectivity index (χ0n) is 11.9. The highest BCUT2D eigenvalue weighted by Crippen LogP contribution is 2.29. The SMILES string of the molecule is CCCN(C(C)C)S(=O)(=O)c1ccc(N)cc1OC. The van der Waals surface area contributed by atoms with E-state index in [4.69, 9.17) is 10.5 Å². The van der Waals surface area contributed by atoms with Gasteiger partial charge in [0.15, 0.2) is 0 Å². The first kappa shape index (κ1) is 15.8. The number of benzene rings is 1. The van der Waals surface area contributed by atoms with Gasteiger partial charge in [-0.1, -0.05) is 6.92 Å². The summed E-state index contributed by atoms with van der Waals surface area (Å²) in [5.74, 6) is 0.279. The molecular formula is C13H22N2O3S. The number of methoxy groups -OCH3 is 1. The molecule has 0 radical (unpaired) electrons. The smallest absolute Gasteiger partial charge is 0.246 e. The average molecular weight is 286 g/mol. The number of hydrogen-bond acceptors (Lipinski definition) is 4. The molecule has 0 aliphatic carbocycles. The molecule has 0 atom stereocenters. The number of nitrogens with zero attached hydrogens (tertiary/aromatic N) is 1. The van der Waals surface area contributed by atoms with Gasteiger partial charge >= 0.3 is 0 Å². The third-order valence-corrected chi connectivity index (χ3v) is 4.91. The first-order valence-corrected chi connectivity index (χ1v) is 7.74. The quantitative estimate of drug-likeness (QED) is 0.813. The molecule has 0 fully saturated rings. The van der Waals surface area contributed by atoms with Gasteiger partial charge in [-0.25, -0.2) is 8.42 Å². The predicted molar refractivity (Wildman–Crippen MR) is 76.7 cm³/mol. The number of nitrogens with two attached hydrogens (primary N) is 1. The Morgan fingerprint density at radius 3 is 2.47 bits per heavy atom. The van der Waals surface area contributed by atoms with Crippen LogP contribution in [-0.4, -0.2) is 32.4 Å². The van der Waals surface area contributed by atoms with Crippen LogP contribution >= 0.6 is 0 Å². The summed E-state index contributed by atoms with van der Waals surface area (Å²) in [6, 6.07) is 4.48. The Kier molecular flexibility index (Phi) is 5.20. The van der Waals surface area contributed by atoms with Crippen molar-refractivity contribution in [3.8, 4) is 5.75 Å². The fourth-order valence-corrected chi connectivity index (χ4v) is 3.77. The Balaban J connectivity index is 3.33. The summed E-state index contributed by atoms with van der Waals surface area (Å²) in [7, 11) is -2.13. The molecule has 0 amide bonds. The molecule has 1 aromatic rings. The van der Waals surface area contributed by atoms with Gasteiger partial charge in [-0.05, 0) is 32.4 Å². The second-order valence-corrected chi connectivity index (χ2v) is 6.48. The van der Waals surface area contributed by atoms with E-state index in [1.54, 1.807) is 6.07 Å². The molecule has 19 heavy (non-hydrogen) atoms. The number of hydrogen-bond donors (Lipinski definition) is 1. The molecule has 0 bridgehead atoms. The van der Waals surface area contributed by atoms with E-state index in [-0.39, 0.29) is 16.7 Å². The number of ether oxygens (including phenoxy) is 1. The molecule has 108 valence electrons. The minimum atomic E-state index is -3.57. The third kappa shape index (κ3) is 3.39. The zero-order chi connectivity index (χ0) is 14.6. The monoisotopic (exact) mass is 286 g/mol. The highest BCUT2D eigenvalue weighted by Gasteiger charge is 2.29. The van der Waals surface area contributed by atoms with Crippen LogP contribution in [0.2, 0.25) is 0 Å². The molecule has 0 saturated heterocycles. The summed E-state index contributed by atoms with van der Waals surface area (Å²) in [6.45, 7) is 6.15. The molecule has 5 nitrogen and oxygen atoms in total. The van der Waals surface area contributed by atoms with Crippen LogP contribution in [0.5, 0.6) is 5.75 Å². The second kappa shape index (κ2) is 6.25. The summed E-state index contributed by atoms with van der Waals surface area (Å²) >= 11 is 0. The van der Waals surface area contributed by atoms with Crippen molar-refractivity contribution in [2.75, 3.05) is 19.4 Å². The van der Waals surface area contributed by atoms with Gasteiger partial charge in [-0.3, -0.25) is 0 Å². The average Bonchev–Trinajstić information content (AvgIpc) is 2.34. The van der Waals surface area contributed by atoms with E-state index < -0.39 is 10.0 Å². The van der Waals surface area contributed by atoms with Crippen molar-refractivity contribution in [3.63, 3.8) is 0 Å². The van der Waals surface area contributed by atoms with Gasteiger partial charge in [-0.2, -0.15) is 4.31 Å². The summed E-state index contributed by atoms with van der Waals surface area (Å²) < 4.78 is 31.9. The number of rotatable bonds is 6. The molecule has 0 aliphatic rings. The normalized spacial score (nSPS) is 12.1. The Morgan fingerprint density at radius 2 is 2.00 bits per heavy atom. The van der Waals surface area contributed by atoms with E-state index in [0.717, 1.165) is 6.42 Å². The molecule has 0 heterocycles. The molecular weight excluding hydrogens is 264 g/mol. The predicted octanol–water partition coefficient (Wildman–Crippen LogP) is 2.09. The minimum Gasteiger partial charge on any atom is -0.495 e. The Hall–Kier alpha value is -1.27. The van der Waals surface area contributed by atoms with Crippen LogP contribution in [0.15, 0.2) is 23.1 Å². The van der Waals surface area contributed by atoms with Crippen molar-refractivity contribution in [1.29, 1.82) is 0 Å². The Labute approximate surface area is 115 Å². The van der Waals surface area contributed by atoms with Crippen molar-refractivity contribution >= 4 is 15.7 Å². The fraction of sp³-hybridized carbons (Fsp3) is 0.538. The van der Waals surface area contributed by atoms with Crippen LogP contribution < -0.4 is 10.5 Å². The number of anilines is 1. The maximum absolute atomic E-state index is 12.7. The number of sulfonamides is 1. The summed E-state index contributed by atoms with van der Waals surface area (Å²) in [4.78, 5) is 0.159. The summed E-state index contributed by atoms with van der Waals surface area (Å²) in [5, 5.41) is 0. The maximum atomic E-state index is 12.7. The Morgan fingerprint density at radius 1 is 1.37 bits per heavy atom. The summed E-state index contributed by atoms with van der Waals surface area (Å²) in [6.07, 6.45) is 0.759. The Bertz CT molecular complexity index is 527. The fourth-order valence-electron chi connectivity index (χ4n) is 1.90. The van der Waals surface area contributed by atoms with Crippen molar-refractivity contribution < 1.29 is 13.2 Å². The standard InChI is InChI=1S/C13H22N2O3S/c1-5-8-15(10(2)3)19(16,17)13-7-6-11(14)9-12(13)18-4/h6-7,9-10H,5,8,14H2,1-4H3. The van der Waals surface area contributed by atoms with E-state index in [2.05, 4.69) is 0 Å². The van der Waals surface area contributed by atoms with E-state index in [1.165, 1.54) is 23.5 Å². The lowest BCUT2D eigenvalue weighted by molar-refractivity contribution is 0.349. The molecule has 1 aromatic carbocycles. The number of nitrogen functional groups attached to an aromatic ring is 1. The highest BCUT2D eigenvalue weighted by atomic mass is 32.2. The lowest BCUT2D eigenvalue weighted by Crippen LogP contribution is -2.37. The maximum Gasteiger partial charge on any atom is 0.246 e. The lowest BCUT2D eigenvalue weighted by Gasteiger charge is -2.26. The first-order valence-electron chi connectivity index (χ1n) is 6.30. The molecule has 0 aliphatic heterocycles. The molecule has 0 saturated carbocycles. The molecule has 6 heteroatoms. The van der Waals surface area contributed by atoms with Crippen LogP contribution in [-0.2, 0) is 10.0 Å². The van der Waals surface area contributed by atoms with Gasteiger partial charge in [0, 0.05) is 24.3 Å². The molecule has 2 N–H and O–H groups in total. The van der Waals surface area contributed by atoms with Crippen LogP contribution in [0.3, 0.4) is 0 Å². The topological polar surface area (TPSA) is 72.6 Å². The van der Waals surface area contributed by atoms with Crippen molar-refractivity contribution in [1.82, 2.24) is 4.31 Å². The lowest BCUT2D eigenvalue weighted by atomic mass is 10.3. The van der Waals surface area contributed by atoms with Crippen LogP contribution in [0.4, 0.5) is 5.69 Å². The summed E-state index contributed by atoms with van der Waals surface area (Å²) in [5.41, 5.74) is 6.13. The van der Waals surface area contributed by atoms with Crippen molar-refractivity contribution in [2.24, 2.45) is 0 Å². The van der Waals surface area contributed by atoms with Crippen molar-refractivity contribution in [2.45, 2.75) is 38.1 Å². The van der Waals surface area contributed by atoms with E-state index in [1.807, 2.05) is 20.8 Å². The third-order valence-electron chi connectivity index (χ3n) is 2.79. The molecule has 0 aromatic heterocycles. The van der Waals surface area contributed by atoms with Gasteiger partial charge in [-0.15, -0.1) is 0 Å². The van der Waals surface area contributed by atoms with Gasteiger partial charge in [0.1, 0.15) is 10.6 Å².